The van der Waals surface area contributed by atoms with Crippen LogP contribution in [0.15, 0.2) is 52.3 Å². The van der Waals surface area contributed by atoms with Crippen molar-refractivity contribution in [2.24, 2.45) is 5.73 Å². The van der Waals surface area contributed by atoms with E-state index in [9.17, 15) is 5.26 Å². The Morgan fingerprint density at radius 3 is 2.81 bits per heavy atom. The van der Waals surface area contributed by atoms with Gasteiger partial charge in [-0.1, -0.05) is 29.8 Å². The summed E-state index contributed by atoms with van der Waals surface area (Å²) in [6.45, 7) is 4.32. The number of methoxy groups -OCH3 is 1. The van der Waals surface area contributed by atoms with Crippen molar-refractivity contribution in [1.29, 1.82) is 5.26 Å². The van der Waals surface area contributed by atoms with Crippen LogP contribution in [-0.4, -0.2) is 17.3 Å². The summed E-state index contributed by atoms with van der Waals surface area (Å²) >= 11 is 3.61. The van der Waals surface area contributed by atoms with Crippen molar-refractivity contribution in [3.63, 3.8) is 0 Å². The molecule has 1 aromatic heterocycles. The number of allylic oxidation sites excluding steroid dienone is 1. The zero-order chi connectivity index (χ0) is 22.1. The molecular formula is C23H21BrN4O3. The molecule has 0 saturated heterocycles. The van der Waals surface area contributed by atoms with Gasteiger partial charge in [0, 0.05) is 11.3 Å². The highest BCUT2D eigenvalue weighted by Crippen LogP contribution is 2.46. The predicted molar refractivity (Wildman–Crippen MR) is 119 cm³/mol. The molecule has 2 heterocycles. The van der Waals surface area contributed by atoms with E-state index in [0.29, 0.717) is 34.0 Å². The van der Waals surface area contributed by atoms with Gasteiger partial charge in [0.05, 0.1) is 17.5 Å². The Balaban J connectivity index is 1.74. The quantitative estimate of drug-likeness (QED) is 0.552. The van der Waals surface area contributed by atoms with Gasteiger partial charge in [0.1, 0.15) is 18.2 Å². The van der Waals surface area contributed by atoms with Crippen LogP contribution in [0.2, 0.25) is 0 Å². The first kappa shape index (κ1) is 20.8. The standard InChI is InChI=1S/C23H21BrN4O3/c1-12-5-4-6-14(7-12)11-30-21-17(24)8-15(9-18(21)29-3)20-16(10-25)22(26)31-23-19(20)13(2)27-28-23/h4-9,20H,11,26H2,1-3H3,(H,27,28)/t20-/m0/s1. The first-order chi connectivity index (χ1) is 14.9. The fourth-order valence-electron chi connectivity index (χ4n) is 3.74. The highest BCUT2D eigenvalue weighted by Gasteiger charge is 2.35. The maximum atomic E-state index is 9.76. The van der Waals surface area contributed by atoms with E-state index in [1.165, 1.54) is 5.56 Å². The third-order valence-electron chi connectivity index (χ3n) is 5.18. The van der Waals surface area contributed by atoms with Crippen LogP contribution in [-0.2, 0) is 6.61 Å². The van der Waals surface area contributed by atoms with Crippen molar-refractivity contribution >= 4 is 15.9 Å². The number of benzene rings is 2. The Hall–Kier alpha value is -3.44. The van der Waals surface area contributed by atoms with Gasteiger partial charge in [0.15, 0.2) is 11.5 Å². The summed E-state index contributed by atoms with van der Waals surface area (Å²) in [6.07, 6.45) is 0. The van der Waals surface area contributed by atoms with Gasteiger partial charge in [0.2, 0.25) is 11.8 Å². The van der Waals surface area contributed by atoms with E-state index in [-0.39, 0.29) is 5.88 Å². The molecule has 8 heteroatoms. The minimum absolute atomic E-state index is 0.0429. The summed E-state index contributed by atoms with van der Waals surface area (Å²) in [5.74, 6) is 1.10. The number of aryl methyl sites for hydroxylation is 2. The first-order valence-electron chi connectivity index (χ1n) is 9.61. The van der Waals surface area contributed by atoms with Crippen molar-refractivity contribution in [2.45, 2.75) is 26.4 Å². The molecule has 0 bridgehead atoms. The lowest BCUT2D eigenvalue weighted by Gasteiger charge is -2.25. The zero-order valence-corrected chi connectivity index (χ0v) is 18.9. The summed E-state index contributed by atoms with van der Waals surface area (Å²) in [4.78, 5) is 0. The highest BCUT2D eigenvalue weighted by molar-refractivity contribution is 9.10. The SMILES string of the molecule is COc1cc([C@H]2C(C#N)=C(N)Oc3n[nH]c(C)c32)cc(Br)c1OCc1cccc(C)c1. The van der Waals surface area contributed by atoms with Crippen LogP contribution in [0.4, 0.5) is 0 Å². The fourth-order valence-corrected chi connectivity index (χ4v) is 4.31. The van der Waals surface area contributed by atoms with Crippen LogP contribution >= 0.6 is 15.9 Å². The van der Waals surface area contributed by atoms with E-state index >= 15 is 0 Å². The summed E-state index contributed by atoms with van der Waals surface area (Å²) in [6, 6.07) is 14.1. The van der Waals surface area contributed by atoms with E-state index in [2.05, 4.69) is 38.3 Å². The van der Waals surface area contributed by atoms with E-state index in [1.807, 2.05) is 44.2 Å². The molecule has 7 nitrogen and oxygen atoms in total. The van der Waals surface area contributed by atoms with Gasteiger partial charge < -0.3 is 19.9 Å². The molecule has 0 fully saturated rings. The molecule has 31 heavy (non-hydrogen) atoms. The van der Waals surface area contributed by atoms with Crippen LogP contribution in [0.5, 0.6) is 17.4 Å². The van der Waals surface area contributed by atoms with Crippen LogP contribution < -0.4 is 19.9 Å². The molecule has 0 spiro atoms. The van der Waals surface area contributed by atoms with E-state index in [4.69, 9.17) is 19.9 Å². The number of nitrogens with one attached hydrogen (secondary N) is 1. The van der Waals surface area contributed by atoms with E-state index < -0.39 is 5.92 Å². The number of aromatic nitrogens is 2. The van der Waals surface area contributed by atoms with Crippen molar-refractivity contribution in [3.8, 4) is 23.4 Å². The van der Waals surface area contributed by atoms with Gasteiger partial charge in [0.25, 0.3) is 0 Å². The van der Waals surface area contributed by atoms with Crippen LogP contribution in [0.3, 0.4) is 0 Å². The number of H-pyrrole nitrogens is 1. The number of ether oxygens (including phenoxy) is 3. The Morgan fingerprint density at radius 2 is 2.10 bits per heavy atom. The largest absolute Gasteiger partial charge is 0.493 e. The Kier molecular flexibility index (Phi) is 5.61. The van der Waals surface area contributed by atoms with E-state index in [1.54, 1.807) is 7.11 Å². The molecule has 0 amide bonds. The second kappa shape index (κ2) is 8.36. The summed E-state index contributed by atoms with van der Waals surface area (Å²) in [5.41, 5.74) is 10.9. The number of nitriles is 1. The molecule has 0 radical (unpaired) electrons. The molecular weight excluding hydrogens is 460 g/mol. The molecule has 0 saturated carbocycles. The summed E-state index contributed by atoms with van der Waals surface area (Å²) in [5, 5.41) is 16.8. The number of halogens is 1. The highest BCUT2D eigenvalue weighted by atomic mass is 79.9. The average molecular weight is 481 g/mol. The monoisotopic (exact) mass is 480 g/mol. The fraction of sp³-hybridized carbons (Fsp3) is 0.217. The molecule has 1 atom stereocenters. The van der Waals surface area contributed by atoms with Crippen LogP contribution in [0.1, 0.15) is 33.9 Å². The molecule has 1 aliphatic heterocycles. The lowest BCUT2D eigenvalue weighted by molar-refractivity contribution is 0.282. The molecule has 3 N–H and O–H groups in total. The summed E-state index contributed by atoms with van der Waals surface area (Å²) in [7, 11) is 1.58. The zero-order valence-electron chi connectivity index (χ0n) is 17.3. The third kappa shape index (κ3) is 3.84. The first-order valence-corrected chi connectivity index (χ1v) is 10.4. The number of nitrogens with two attached hydrogens (primary N) is 1. The normalized spacial score (nSPS) is 15.1. The lowest BCUT2D eigenvalue weighted by Crippen LogP contribution is -2.21. The molecule has 158 valence electrons. The van der Waals surface area contributed by atoms with Gasteiger partial charge in [-0.15, -0.1) is 5.10 Å². The molecule has 0 aliphatic carbocycles. The second-order valence-electron chi connectivity index (χ2n) is 7.30. The van der Waals surface area contributed by atoms with Gasteiger partial charge in [-0.3, -0.25) is 5.10 Å². The number of hydrogen-bond donors (Lipinski definition) is 2. The minimum atomic E-state index is -0.441. The van der Waals surface area contributed by atoms with Crippen LogP contribution in [0, 0.1) is 25.2 Å². The number of rotatable bonds is 5. The maximum Gasteiger partial charge on any atom is 0.244 e. The van der Waals surface area contributed by atoms with Gasteiger partial charge in [-0.05, 0) is 53.0 Å². The average Bonchev–Trinajstić information content (AvgIpc) is 3.11. The van der Waals surface area contributed by atoms with Crippen molar-refractivity contribution in [1.82, 2.24) is 10.2 Å². The topological polar surface area (TPSA) is 106 Å². The van der Waals surface area contributed by atoms with E-state index in [0.717, 1.165) is 22.4 Å². The molecule has 1 aliphatic rings. The predicted octanol–water partition coefficient (Wildman–Crippen LogP) is 4.59. The van der Waals surface area contributed by atoms with Gasteiger partial charge in [-0.2, -0.15) is 5.26 Å². The third-order valence-corrected chi connectivity index (χ3v) is 5.77. The second-order valence-corrected chi connectivity index (χ2v) is 8.16. The van der Waals surface area contributed by atoms with Crippen molar-refractivity contribution in [2.75, 3.05) is 7.11 Å². The minimum Gasteiger partial charge on any atom is -0.493 e. The van der Waals surface area contributed by atoms with Crippen LogP contribution in [0.25, 0.3) is 0 Å². The summed E-state index contributed by atoms with van der Waals surface area (Å²) < 4.78 is 18.0. The van der Waals surface area contributed by atoms with Gasteiger partial charge >= 0.3 is 0 Å². The number of aromatic amines is 1. The van der Waals surface area contributed by atoms with Gasteiger partial charge in [-0.25, -0.2) is 0 Å². The van der Waals surface area contributed by atoms with Crippen molar-refractivity contribution < 1.29 is 14.2 Å². The van der Waals surface area contributed by atoms with Crippen molar-refractivity contribution in [3.05, 3.63) is 80.3 Å². The Morgan fingerprint density at radius 1 is 1.29 bits per heavy atom. The Bertz CT molecular complexity index is 1230. The Labute approximate surface area is 188 Å². The number of hydrogen-bond acceptors (Lipinski definition) is 6. The lowest BCUT2D eigenvalue weighted by atomic mass is 9.84. The molecule has 2 aromatic carbocycles. The molecule has 4 rings (SSSR count). The molecule has 3 aromatic rings. The molecule has 0 unspecified atom stereocenters. The number of fused-ring (bicyclic) bond motifs is 1. The maximum absolute atomic E-state index is 9.76. The smallest absolute Gasteiger partial charge is 0.244 e. The number of nitrogens with zero attached hydrogens (tertiary/aromatic N) is 2.